The summed E-state index contributed by atoms with van der Waals surface area (Å²) in [7, 11) is 1.60. The summed E-state index contributed by atoms with van der Waals surface area (Å²) in [5, 5.41) is 7.66. The molecule has 8 heteroatoms. The zero-order valence-electron chi connectivity index (χ0n) is 17.4. The summed E-state index contributed by atoms with van der Waals surface area (Å²) in [5.41, 5.74) is 2.17. The maximum absolute atomic E-state index is 12.8. The Labute approximate surface area is 179 Å². The van der Waals surface area contributed by atoms with Crippen LogP contribution < -0.4 is 10.6 Å². The predicted octanol–water partition coefficient (Wildman–Crippen LogP) is 3.85. The number of nitrogens with zero attached hydrogens (tertiary/aromatic N) is 1. The number of hydrogen-bond acceptors (Lipinski definition) is 5. The summed E-state index contributed by atoms with van der Waals surface area (Å²) < 4.78 is 5.41. The lowest BCUT2D eigenvalue weighted by Crippen LogP contribution is -2.46. The highest BCUT2D eigenvalue weighted by Crippen LogP contribution is 2.32. The van der Waals surface area contributed by atoms with Crippen LogP contribution >= 0.6 is 11.3 Å². The van der Waals surface area contributed by atoms with Crippen molar-refractivity contribution in [2.75, 3.05) is 12.4 Å². The predicted molar refractivity (Wildman–Crippen MR) is 116 cm³/mol. The zero-order valence-corrected chi connectivity index (χ0v) is 18.2. The molecule has 1 aliphatic rings. The van der Waals surface area contributed by atoms with E-state index in [1.54, 1.807) is 52.1 Å². The number of amides is 3. The third-order valence-corrected chi connectivity index (χ3v) is 5.61. The summed E-state index contributed by atoms with van der Waals surface area (Å²) in [6.45, 7) is 5.27. The average Bonchev–Trinajstić information content (AvgIpc) is 3.18. The van der Waals surface area contributed by atoms with E-state index in [9.17, 15) is 14.4 Å². The van der Waals surface area contributed by atoms with Crippen molar-refractivity contribution in [2.24, 2.45) is 0 Å². The molecule has 7 nitrogen and oxygen atoms in total. The highest BCUT2D eigenvalue weighted by Gasteiger charge is 2.35. The summed E-state index contributed by atoms with van der Waals surface area (Å²) in [6.07, 6.45) is 0.00179. The summed E-state index contributed by atoms with van der Waals surface area (Å²) in [5.74, 6) is -0.611. The van der Waals surface area contributed by atoms with Gasteiger partial charge in [-0.05, 0) is 49.9 Å². The second-order valence-electron chi connectivity index (χ2n) is 7.32. The van der Waals surface area contributed by atoms with E-state index in [1.807, 2.05) is 17.5 Å². The second-order valence-corrected chi connectivity index (χ2v) is 8.36. The van der Waals surface area contributed by atoms with Crippen LogP contribution in [0.25, 0.3) is 0 Å². The minimum absolute atomic E-state index is 0.131. The molecule has 1 aromatic heterocycles. The number of benzene rings is 1. The Morgan fingerprint density at radius 1 is 1.27 bits per heavy atom. The van der Waals surface area contributed by atoms with Crippen molar-refractivity contribution >= 4 is 34.9 Å². The maximum atomic E-state index is 12.8. The summed E-state index contributed by atoms with van der Waals surface area (Å²) in [6, 6.07) is 9.95. The Morgan fingerprint density at radius 2 is 2.03 bits per heavy atom. The monoisotopic (exact) mass is 427 g/mol. The number of nitrogens with one attached hydrogen (secondary N) is 2. The van der Waals surface area contributed by atoms with Crippen LogP contribution in [0.15, 0.2) is 53.0 Å². The maximum Gasteiger partial charge on any atom is 0.338 e. The van der Waals surface area contributed by atoms with Crippen LogP contribution in [0.5, 0.6) is 0 Å². The molecule has 0 spiro atoms. The van der Waals surface area contributed by atoms with Crippen LogP contribution in [0.3, 0.4) is 0 Å². The van der Waals surface area contributed by atoms with Gasteiger partial charge in [-0.3, -0.25) is 4.79 Å². The van der Waals surface area contributed by atoms with Crippen molar-refractivity contribution in [1.82, 2.24) is 10.2 Å². The van der Waals surface area contributed by atoms with Gasteiger partial charge in [0.05, 0.1) is 24.1 Å². The third kappa shape index (κ3) is 4.88. The second kappa shape index (κ2) is 9.13. The van der Waals surface area contributed by atoms with E-state index >= 15 is 0 Å². The van der Waals surface area contributed by atoms with E-state index in [0.29, 0.717) is 22.5 Å². The molecule has 30 heavy (non-hydrogen) atoms. The van der Waals surface area contributed by atoms with Crippen LogP contribution in [0.4, 0.5) is 10.5 Å². The third-order valence-electron chi connectivity index (χ3n) is 4.74. The highest BCUT2D eigenvalue weighted by molar-refractivity contribution is 7.10. The van der Waals surface area contributed by atoms with Gasteiger partial charge in [0, 0.05) is 23.3 Å². The van der Waals surface area contributed by atoms with Crippen LogP contribution in [0.1, 0.15) is 37.3 Å². The van der Waals surface area contributed by atoms with Crippen molar-refractivity contribution in [2.45, 2.75) is 39.3 Å². The first kappa shape index (κ1) is 21.6. The van der Waals surface area contributed by atoms with Crippen LogP contribution in [0, 0.1) is 0 Å². The van der Waals surface area contributed by atoms with Gasteiger partial charge in [0.1, 0.15) is 0 Å². The molecule has 3 rings (SSSR count). The Kier molecular flexibility index (Phi) is 6.56. The van der Waals surface area contributed by atoms with Crippen LogP contribution in [-0.2, 0) is 20.7 Å². The Hall–Kier alpha value is -3.13. The number of anilines is 1. The molecule has 0 bridgehead atoms. The Morgan fingerprint density at radius 3 is 2.70 bits per heavy atom. The number of urea groups is 1. The molecule has 1 atom stereocenters. The number of hydrogen-bond donors (Lipinski definition) is 2. The van der Waals surface area contributed by atoms with Gasteiger partial charge in [0.2, 0.25) is 5.91 Å². The lowest BCUT2D eigenvalue weighted by atomic mass is 9.94. The van der Waals surface area contributed by atoms with E-state index in [-0.39, 0.29) is 24.5 Å². The normalized spacial score (nSPS) is 16.5. The molecule has 0 aliphatic carbocycles. The standard InChI is InChI=1S/C22H25N3O4S/c1-13(2)29-21(27)19-14(3)25(4)22(28)24-20(19)15-7-5-8-16(11-15)23-18(26)12-17-9-6-10-30-17/h5-11,13,20H,12H2,1-4H3,(H,23,26)(H,24,28)/t20-/m0/s1. The number of thiophene rings is 1. The van der Waals surface area contributed by atoms with Gasteiger partial charge in [0.25, 0.3) is 0 Å². The molecule has 0 radical (unpaired) electrons. The van der Waals surface area contributed by atoms with Crippen LogP contribution in [-0.4, -0.2) is 36.0 Å². The molecular weight excluding hydrogens is 402 g/mol. The van der Waals surface area contributed by atoms with Gasteiger partial charge in [-0.2, -0.15) is 0 Å². The Balaban J connectivity index is 1.87. The van der Waals surface area contributed by atoms with Crippen molar-refractivity contribution in [3.05, 3.63) is 63.5 Å². The number of esters is 1. The lowest BCUT2D eigenvalue weighted by molar-refractivity contribution is -0.143. The molecule has 0 fully saturated rings. The fraction of sp³-hybridized carbons (Fsp3) is 0.318. The molecule has 2 aromatic rings. The van der Waals surface area contributed by atoms with Gasteiger partial charge in [-0.15, -0.1) is 11.3 Å². The molecule has 0 saturated heterocycles. The van der Waals surface area contributed by atoms with E-state index in [2.05, 4.69) is 10.6 Å². The molecule has 158 valence electrons. The van der Waals surface area contributed by atoms with E-state index in [0.717, 1.165) is 4.88 Å². The van der Waals surface area contributed by atoms with E-state index in [1.165, 1.54) is 16.2 Å². The van der Waals surface area contributed by atoms with Crippen molar-refractivity contribution in [1.29, 1.82) is 0 Å². The first-order valence-corrected chi connectivity index (χ1v) is 10.5. The van der Waals surface area contributed by atoms with Gasteiger partial charge >= 0.3 is 12.0 Å². The molecule has 2 N–H and O–H groups in total. The number of carbonyl (C=O) groups excluding carboxylic acids is 3. The van der Waals surface area contributed by atoms with Gasteiger partial charge in [-0.1, -0.05) is 18.2 Å². The van der Waals surface area contributed by atoms with Crippen molar-refractivity contribution < 1.29 is 19.1 Å². The van der Waals surface area contributed by atoms with E-state index in [4.69, 9.17) is 4.74 Å². The first-order chi connectivity index (χ1) is 14.3. The molecule has 3 amide bonds. The largest absolute Gasteiger partial charge is 0.459 e. The molecule has 1 aliphatic heterocycles. The lowest BCUT2D eigenvalue weighted by Gasteiger charge is -2.33. The van der Waals surface area contributed by atoms with Gasteiger partial charge in [0.15, 0.2) is 0 Å². The molecule has 0 unspecified atom stereocenters. The summed E-state index contributed by atoms with van der Waals surface area (Å²) in [4.78, 5) is 39.9. The van der Waals surface area contributed by atoms with E-state index < -0.39 is 12.0 Å². The fourth-order valence-corrected chi connectivity index (χ4v) is 3.90. The van der Waals surface area contributed by atoms with Gasteiger partial charge in [-0.25, -0.2) is 9.59 Å². The molecule has 2 heterocycles. The zero-order chi connectivity index (χ0) is 21.8. The minimum atomic E-state index is -0.672. The van der Waals surface area contributed by atoms with Crippen molar-refractivity contribution in [3.8, 4) is 0 Å². The Bertz CT molecular complexity index is 982. The van der Waals surface area contributed by atoms with Gasteiger partial charge < -0.3 is 20.3 Å². The van der Waals surface area contributed by atoms with Crippen LogP contribution in [0.2, 0.25) is 0 Å². The first-order valence-electron chi connectivity index (χ1n) is 9.64. The number of ether oxygens (including phenoxy) is 1. The SMILES string of the molecule is CC1=C(C(=O)OC(C)C)[C@H](c2cccc(NC(=O)Cc3cccs3)c2)NC(=O)N1C. The smallest absolute Gasteiger partial charge is 0.338 e. The molecule has 1 aromatic carbocycles. The fourth-order valence-electron chi connectivity index (χ4n) is 3.20. The summed E-state index contributed by atoms with van der Waals surface area (Å²) >= 11 is 1.53. The molecular formula is C22H25N3O4S. The number of rotatable bonds is 6. The van der Waals surface area contributed by atoms with Crippen molar-refractivity contribution in [3.63, 3.8) is 0 Å². The quantitative estimate of drug-likeness (QED) is 0.686. The highest BCUT2D eigenvalue weighted by atomic mass is 32.1. The minimum Gasteiger partial charge on any atom is -0.459 e. The topological polar surface area (TPSA) is 87.7 Å². The average molecular weight is 428 g/mol. The molecule has 0 saturated carbocycles. The number of allylic oxidation sites excluding steroid dienone is 1. The number of carbonyl (C=O) groups is 3.